The van der Waals surface area contributed by atoms with Crippen molar-refractivity contribution >= 4 is 15.7 Å². The van der Waals surface area contributed by atoms with Gasteiger partial charge in [0.05, 0.1) is 12.9 Å². The normalized spacial score (nSPS) is 11.3. The van der Waals surface area contributed by atoms with Crippen LogP contribution < -0.4 is 14.4 Å². The van der Waals surface area contributed by atoms with Crippen molar-refractivity contribution < 1.29 is 13.2 Å². The van der Waals surface area contributed by atoms with Crippen LogP contribution in [0.25, 0.3) is 0 Å². The van der Waals surface area contributed by atoms with Gasteiger partial charge in [0.25, 0.3) is 0 Å². The highest BCUT2D eigenvalue weighted by Gasteiger charge is 2.10. The van der Waals surface area contributed by atoms with E-state index in [2.05, 4.69) is 4.72 Å². The summed E-state index contributed by atoms with van der Waals surface area (Å²) in [5.41, 5.74) is 3.22. The second-order valence-corrected chi connectivity index (χ2v) is 8.05. The Labute approximate surface area is 150 Å². The smallest absolute Gasteiger partial charge is 0.211 e. The number of hydrogen-bond donors (Lipinski definition) is 1. The van der Waals surface area contributed by atoms with Crippen molar-refractivity contribution in [2.75, 3.05) is 38.4 Å². The van der Waals surface area contributed by atoms with Crippen LogP contribution in [-0.4, -0.2) is 41.9 Å². The molecule has 1 N–H and O–H groups in total. The van der Waals surface area contributed by atoms with Gasteiger partial charge in [0, 0.05) is 26.3 Å². The van der Waals surface area contributed by atoms with Gasteiger partial charge in [-0.2, -0.15) is 0 Å². The van der Waals surface area contributed by atoms with E-state index in [1.807, 2.05) is 67.5 Å². The minimum atomic E-state index is -3.28. The summed E-state index contributed by atoms with van der Waals surface area (Å²) in [5, 5.41) is 0. The Bertz CT molecular complexity index is 754. The Morgan fingerprint density at radius 1 is 0.920 bits per heavy atom. The molecule has 0 unspecified atom stereocenters. The van der Waals surface area contributed by atoms with E-state index in [-0.39, 0.29) is 5.75 Å². The molecule has 0 saturated carbocycles. The monoisotopic (exact) mass is 362 g/mol. The first-order valence-electron chi connectivity index (χ1n) is 8.26. The average Bonchev–Trinajstić information content (AvgIpc) is 2.61. The Hall–Kier alpha value is -2.05. The molecule has 0 bridgehead atoms. The Balaban J connectivity index is 1.78. The second-order valence-electron chi connectivity index (χ2n) is 6.12. The lowest BCUT2D eigenvalue weighted by Gasteiger charge is -2.13. The number of methoxy groups -OCH3 is 1. The van der Waals surface area contributed by atoms with Crippen molar-refractivity contribution in [1.29, 1.82) is 0 Å². The minimum absolute atomic E-state index is 0.0822. The van der Waals surface area contributed by atoms with E-state index in [1.54, 1.807) is 7.11 Å². The molecule has 0 aliphatic heterocycles. The number of sulfonamides is 1. The number of rotatable bonds is 9. The lowest BCUT2D eigenvalue weighted by Crippen LogP contribution is -2.29. The maximum atomic E-state index is 12.1. The van der Waals surface area contributed by atoms with Gasteiger partial charge < -0.3 is 9.64 Å². The zero-order chi connectivity index (χ0) is 18.3. The molecule has 0 saturated heterocycles. The fraction of sp³-hybridized carbons (Fsp3) is 0.368. The number of anilines is 1. The highest BCUT2D eigenvalue weighted by molar-refractivity contribution is 7.89. The van der Waals surface area contributed by atoms with E-state index < -0.39 is 10.0 Å². The van der Waals surface area contributed by atoms with Crippen molar-refractivity contribution in [1.82, 2.24) is 4.72 Å². The van der Waals surface area contributed by atoms with Crippen molar-refractivity contribution in [3.63, 3.8) is 0 Å². The van der Waals surface area contributed by atoms with Crippen LogP contribution in [0.3, 0.4) is 0 Å². The molecule has 0 fully saturated rings. The summed E-state index contributed by atoms with van der Waals surface area (Å²) in [5.74, 6) is 0.851. The summed E-state index contributed by atoms with van der Waals surface area (Å²) in [6.07, 6.45) is 1.16. The predicted molar refractivity (Wildman–Crippen MR) is 103 cm³/mol. The Morgan fingerprint density at radius 3 is 2.04 bits per heavy atom. The molecule has 0 amide bonds. The van der Waals surface area contributed by atoms with E-state index in [4.69, 9.17) is 4.74 Å². The third kappa shape index (κ3) is 6.40. The van der Waals surface area contributed by atoms with Crippen molar-refractivity contribution in [2.24, 2.45) is 0 Å². The van der Waals surface area contributed by atoms with Crippen LogP contribution in [0.15, 0.2) is 48.5 Å². The first-order chi connectivity index (χ1) is 11.9. The summed E-state index contributed by atoms with van der Waals surface area (Å²) in [4.78, 5) is 2.03. The standard InChI is InChI=1S/C19H26N2O3S/c1-21(2)18-8-4-16(5-9-18)12-14-20-25(22,23)15-13-17-6-10-19(24-3)11-7-17/h4-11,20H,12-15H2,1-3H3. The number of benzene rings is 2. The van der Waals surface area contributed by atoms with Gasteiger partial charge in [-0.05, 0) is 48.2 Å². The summed E-state index contributed by atoms with van der Waals surface area (Å²) >= 11 is 0. The number of nitrogens with zero attached hydrogens (tertiary/aromatic N) is 1. The average molecular weight is 362 g/mol. The fourth-order valence-electron chi connectivity index (χ4n) is 2.43. The molecular formula is C19H26N2O3S. The van der Waals surface area contributed by atoms with Gasteiger partial charge in [0.15, 0.2) is 0 Å². The van der Waals surface area contributed by atoms with Gasteiger partial charge in [-0.15, -0.1) is 0 Å². The molecule has 2 aromatic rings. The zero-order valence-electron chi connectivity index (χ0n) is 15.0. The van der Waals surface area contributed by atoms with Crippen LogP contribution in [0.5, 0.6) is 5.75 Å². The number of aryl methyl sites for hydroxylation is 1. The molecule has 0 aromatic heterocycles. The molecule has 136 valence electrons. The summed E-state index contributed by atoms with van der Waals surface area (Å²) in [7, 11) is 2.32. The molecule has 6 heteroatoms. The number of hydrogen-bond acceptors (Lipinski definition) is 4. The Morgan fingerprint density at radius 2 is 1.48 bits per heavy atom. The molecular weight excluding hydrogens is 336 g/mol. The highest BCUT2D eigenvalue weighted by atomic mass is 32.2. The molecule has 25 heavy (non-hydrogen) atoms. The van der Waals surface area contributed by atoms with Gasteiger partial charge in [-0.3, -0.25) is 0 Å². The molecule has 5 nitrogen and oxygen atoms in total. The first-order valence-corrected chi connectivity index (χ1v) is 9.91. The largest absolute Gasteiger partial charge is 0.497 e. The topological polar surface area (TPSA) is 58.6 Å². The summed E-state index contributed by atoms with van der Waals surface area (Å²) in [6.45, 7) is 0.409. The van der Waals surface area contributed by atoms with Crippen LogP contribution in [0, 0.1) is 0 Å². The van der Waals surface area contributed by atoms with Crippen LogP contribution in [0.1, 0.15) is 11.1 Å². The molecule has 2 rings (SSSR count). The molecule has 0 heterocycles. The molecule has 0 spiro atoms. The summed E-state index contributed by atoms with van der Waals surface area (Å²) < 4.78 is 32.0. The second kappa shape index (κ2) is 8.87. The van der Waals surface area contributed by atoms with Crippen LogP contribution >= 0.6 is 0 Å². The lowest BCUT2D eigenvalue weighted by molar-refractivity contribution is 0.414. The lowest BCUT2D eigenvalue weighted by atomic mass is 10.1. The van der Waals surface area contributed by atoms with Crippen molar-refractivity contribution in [3.05, 3.63) is 59.7 Å². The van der Waals surface area contributed by atoms with Crippen molar-refractivity contribution in [2.45, 2.75) is 12.8 Å². The Kier molecular flexibility index (Phi) is 6.84. The number of ether oxygens (including phenoxy) is 1. The highest BCUT2D eigenvalue weighted by Crippen LogP contribution is 2.13. The van der Waals surface area contributed by atoms with Gasteiger partial charge in [-0.25, -0.2) is 13.1 Å². The number of nitrogens with one attached hydrogen (secondary N) is 1. The van der Waals surface area contributed by atoms with Crippen molar-refractivity contribution in [3.8, 4) is 5.75 Å². The fourth-order valence-corrected chi connectivity index (χ4v) is 3.49. The summed E-state index contributed by atoms with van der Waals surface area (Å²) in [6, 6.07) is 15.6. The van der Waals surface area contributed by atoms with E-state index in [1.165, 1.54) is 0 Å². The van der Waals surface area contributed by atoms with E-state index >= 15 is 0 Å². The molecule has 0 radical (unpaired) electrons. The molecule has 0 aliphatic carbocycles. The predicted octanol–water partition coefficient (Wildman–Crippen LogP) is 2.47. The van der Waals surface area contributed by atoms with Gasteiger partial charge in [0.1, 0.15) is 5.75 Å². The van der Waals surface area contributed by atoms with Gasteiger partial charge in [0.2, 0.25) is 10.0 Å². The van der Waals surface area contributed by atoms with E-state index in [0.29, 0.717) is 19.4 Å². The van der Waals surface area contributed by atoms with Gasteiger partial charge >= 0.3 is 0 Å². The maximum absolute atomic E-state index is 12.1. The van der Waals surface area contributed by atoms with Gasteiger partial charge in [-0.1, -0.05) is 24.3 Å². The third-order valence-electron chi connectivity index (χ3n) is 4.01. The molecule has 0 aliphatic rings. The van der Waals surface area contributed by atoms with E-state index in [9.17, 15) is 8.42 Å². The maximum Gasteiger partial charge on any atom is 0.211 e. The zero-order valence-corrected chi connectivity index (χ0v) is 15.8. The first kappa shape index (κ1) is 19.3. The molecule has 0 atom stereocenters. The quantitative estimate of drug-likeness (QED) is 0.744. The third-order valence-corrected chi connectivity index (χ3v) is 5.39. The van der Waals surface area contributed by atoms with Crippen LogP contribution in [-0.2, 0) is 22.9 Å². The minimum Gasteiger partial charge on any atom is -0.497 e. The molecule has 2 aromatic carbocycles. The van der Waals surface area contributed by atoms with Crippen LogP contribution in [0.2, 0.25) is 0 Å². The van der Waals surface area contributed by atoms with E-state index in [0.717, 1.165) is 22.6 Å². The SMILES string of the molecule is COc1ccc(CCS(=O)(=O)NCCc2ccc(N(C)C)cc2)cc1. The van der Waals surface area contributed by atoms with Crippen LogP contribution in [0.4, 0.5) is 5.69 Å².